The molecule has 0 aliphatic rings. The summed E-state index contributed by atoms with van der Waals surface area (Å²) in [6, 6.07) is 8.73. The zero-order valence-corrected chi connectivity index (χ0v) is 12.0. The molecule has 0 unspecified atom stereocenters. The third-order valence-electron chi connectivity index (χ3n) is 2.66. The Morgan fingerprint density at radius 1 is 1.10 bits per heavy atom. The normalized spacial score (nSPS) is 11.2. The predicted octanol–water partition coefficient (Wildman–Crippen LogP) is 4.43. The molecule has 110 valence electrons. The number of alkyl halides is 3. The summed E-state index contributed by atoms with van der Waals surface area (Å²) in [5, 5.41) is 11.5. The van der Waals surface area contributed by atoms with E-state index < -0.39 is 23.2 Å². The molecular formula is C14H9BrF3NO2. The minimum Gasteiger partial charge on any atom is -0.508 e. The highest BCUT2D eigenvalue weighted by atomic mass is 79.9. The van der Waals surface area contributed by atoms with Crippen LogP contribution in [0.2, 0.25) is 0 Å². The van der Waals surface area contributed by atoms with E-state index in [-0.39, 0.29) is 15.9 Å². The van der Waals surface area contributed by atoms with Gasteiger partial charge in [0, 0.05) is 10.2 Å². The molecule has 7 heteroatoms. The van der Waals surface area contributed by atoms with Crippen LogP contribution in [0, 0.1) is 0 Å². The predicted molar refractivity (Wildman–Crippen MR) is 75.2 cm³/mol. The Hall–Kier alpha value is -2.02. The van der Waals surface area contributed by atoms with Crippen LogP contribution in [-0.4, -0.2) is 11.0 Å². The number of aromatic hydroxyl groups is 1. The van der Waals surface area contributed by atoms with E-state index in [0.29, 0.717) is 0 Å². The first-order valence-electron chi connectivity index (χ1n) is 5.74. The fourth-order valence-electron chi connectivity index (χ4n) is 1.69. The van der Waals surface area contributed by atoms with Gasteiger partial charge in [0.1, 0.15) is 5.75 Å². The van der Waals surface area contributed by atoms with Crippen LogP contribution in [0.1, 0.15) is 15.9 Å². The quantitative estimate of drug-likeness (QED) is 0.779. The van der Waals surface area contributed by atoms with Gasteiger partial charge in [0.25, 0.3) is 5.91 Å². The van der Waals surface area contributed by atoms with Gasteiger partial charge in [0.2, 0.25) is 0 Å². The second kappa shape index (κ2) is 5.77. The molecule has 0 heterocycles. The molecule has 0 aromatic heterocycles. The van der Waals surface area contributed by atoms with Crippen molar-refractivity contribution in [2.45, 2.75) is 6.18 Å². The number of nitrogens with one attached hydrogen (secondary N) is 1. The summed E-state index contributed by atoms with van der Waals surface area (Å²) in [6.07, 6.45) is -4.63. The molecule has 0 bridgehead atoms. The van der Waals surface area contributed by atoms with Gasteiger partial charge in [-0.15, -0.1) is 0 Å². The van der Waals surface area contributed by atoms with Crippen LogP contribution in [-0.2, 0) is 6.18 Å². The lowest BCUT2D eigenvalue weighted by Crippen LogP contribution is -2.18. The third kappa shape index (κ3) is 3.75. The van der Waals surface area contributed by atoms with Crippen molar-refractivity contribution in [3.05, 3.63) is 58.1 Å². The van der Waals surface area contributed by atoms with Crippen LogP contribution < -0.4 is 5.32 Å². The standard InChI is InChI=1S/C14H9BrF3NO2/c15-8-1-6-11(12(7-8)14(16,17)18)13(21)19-9-2-4-10(20)5-3-9/h1-7,20H,(H,19,21). The number of halogens is 4. The van der Waals surface area contributed by atoms with Gasteiger partial charge in [-0.2, -0.15) is 13.2 Å². The molecule has 21 heavy (non-hydrogen) atoms. The molecule has 0 fully saturated rings. The second-order valence-corrected chi connectivity index (χ2v) is 5.10. The molecule has 3 nitrogen and oxygen atoms in total. The Labute approximate surface area is 126 Å². The Morgan fingerprint density at radius 2 is 1.71 bits per heavy atom. The van der Waals surface area contributed by atoms with Crippen LogP contribution in [0.3, 0.4) is 0 Å². The van der Waals surface area contributed by atoms with E-state index in [1.54, 1.807) is 0 Å². The lowest BCUT2D eigenvalue weighted by molar-refractivity contribution is -0.137. The van der Waals surface area contributed by atoms with Crippen LogP contribution in [0.4, 0.5) is 18.9 Å². The summed E-state index contributed by atoms with van der Waals surface area (Å²) in [4.78, 5) is 12.0. The molecule has 1 amide bonds. The van der Waals surface area contributed by atoms with Crippen LogP contribution >= 0.6 is 15.9 Å². The summed E-state index contributed by atoms with van der Waals surface area (Å²) in [5.74, 6) is -0.881. The van der Waals surface area contributed by atoms with Crippen LogP contribution in [0.15, 0.2) is 46.9 Å². The summed E-state index contributed by atoms with van der Waals surface area (Å²) < 4.78 is 39.1. The minimum absolute atomic E-state index is 0.00683. The van der Waals surface area contributed by atoms with Gasteiger partial charge in [-0.1, -0.05) is 15.9 Å². The van der Waals surface area contributed by atoms with E-state index in [0.717, 1.165) is 12.1 Å². The summed E-state index contributed by atoms with van der Waals surface area (Å²) >= 11 is 2.95. The zero-order valence-electron chi connectivity index (χ0n) is 10.4. The molecular weight excluding hydrogens is 351 g/mol. The first-order chi connectivity index (χ1) is 9.77. The van der Waals surface area contributed by atoms with Crippen LogP contribution in [0.5, 0.6) is 5.75 Å². The molecule has 0 atom stereocenters. The molecule has 0 saturated heterocycles. The molecule has 2 aromatic carbocycles. The number of benzene rings is 2. The maximum Gasteiger partial charge on any atom is 0.417 e. The van der Waals surface area contributed by atoms with Crippen molar-refractivity contribution in [2.75, 3.05) is 5.32 Å². The Bertz CT molecular complexity index is 669. The molecule has 0 saturated carbocycles. The molecule has 2 N–H and O–H groups in total. The van der Waals surface area contributed by atoms with Gasteiger partial charge < -0.3 is 10.4 Å². The fraction of sp³-hybridized carbons (Fsp3) is 0.0714. The van der Waals surface area contributed by atoms with Crippen molar-refractivity contribution in [1.29, 1.82) is 0 Å². The van der Waals surface area contributed by atoms with Gasteiger partial charge in [0.05, 0.1) is 11.1 Å². The smallest absolute Gasteiger partial charge is 0.417 e. The molecule has 2 rings (SSSR count). The number of carbonyl (C=O) groups is 1. The number of phenolic OH excluding ortho intramolecular Hbond substituents is 1. The van der Waals surface area contributed by atoms with Gasteiger partial charge in [-0.3, -0.25) is 4.79 Å². The highest BCUT2D eigenvalue weighted by Crippen LogP contribution is 2.34. The van der Waals surface area contributed by atoms with Crippen molar-refractivity contribution in [1.82, 2.24) is 0 Å². The maximum absolute atomic E-state index is 12.9. The first kappa shape index (κ1) is 15.4. The second-order valence-electron chi connectivity index (χ2n) is 4.19. The largest absolute Gasteiger partial charge is 0.508 e. The minimum atomic E-state index is -4.63. The average molecular weight is 360 g/mol. The van der Waals surface area contributed by atoms with Crippen molar-refractivity contribution in [3.8, 4) is 5.75 Å². The highest BCUT2D eigenvalue weighted by Gasteiger charge is 2.35. The number of phenols is 1. The number of anilines is 1. The van der Waals surface area contributed by atoms with E-state index in [4.69, 9.17) is 5.11 Å². The SMILES string of the molecule is O=C(Nc1ccc(O)cc1)c1ccc(Br)cc1C(F)(F)F. The number of carbonyl (C=O) groups excluding carboxylic acids is 1. The Kier molecular flexibility index (Phi) is 4.22. The monoisotopic (exact) mass is 359 g/mol. The molecule has 0 aliphatic heterocycles. The topological polar surface area (TPSA) is 49.3 Å². The fourth-order valence-corrected chi connectivity index (χ4v) is 2.05. The first-order valence-corrected chi connectivity index (χ1v) is 6.54. The van der Waals surface area contributed by atoms with E-state index in [9.17, 15) is 18.0 Å². The van der Waals surface area contributed by atoms with E-state index >= 15 is 0 Å². The van der Waals surface area contributed by atoms with Crippen molar-refractivity contribution in [2.24, 2.45) is 0 Å². The van der Waals surface area contributed by atoms with E-state index in [2.05, 4.69) is 21.2 Å². The molecule has 0 spiro atoms. The third-order valence-corrected chi connectivity index (χ3v) is 3.15. The van der Waals surface area contributed by atoms with Gasteiger partial charge in [0.15, 0.2) is 0 Å². The maximum atomic E-state index is 12.9. The zero-order chi connectivity index (χ0) is 15.6. The number of rotatable bonds is 2. The summed E-state index contributed by atoms with van der Waals surface area (Å²) in [5.41, 5.74) is -1.21. The van der Waals surface area contributed by atoms with E-state index in [1.807, 2.05) is 0 Å². The number of hydrogen-bond acceptors (Lipinski definition) is 2. The Morgan fingerprint density at radius 3 is 2.29 bits per heavy atom. The number of amides is 1. The van der Waals surface area contributed by atoms with Gasteiger partial charge >= 0.3 is 6.18 Å². The lowest BCUT2D eigenvalue weighted by atomic mass is 10.1. The van der Waals surface area contributed by atoms with E-state index in [1.165, 1.54) is 30.3 Å². The number of hydrogen-bond donors (Lipinski definition) is 2. The average Bonchev–Trinajstić information content (AvgIpc) is 2.40. The lowest BCUT2D eigenvalue weighted by Gasteiger charge is -2.13. The van der Waals surface area contributed by atoms with Gasteiger partial charge in [-0.05, 0) is 42.5 Å². The molecule has 2 aromatic rings. The molecule has 0 aliphatic carbocycles. The van der Waals surface area contributed by atoms with Crippen molar-refractivity contribution in [3.63, 3.8) is 0 Å². The highest BCUT2D eigenvalue weighted by molar-refractivity contribution is 9.10. The van der Waals surface area contributed by atoms with Crippen molar-refractivity contribution >= 4 is 27.5 Å². The summed E-state index contributed by atoms with van der Waals surface area (Å²) in [7, 11) is 0. The van der Waals surface area contributed by atoms with Crippen LogP contribution in [0.25, 0.3) is 0 Å². The van der Waals surface area contributed by atoms with Gasteiger partial charge in [-0.25, -0.2) is 0 Å². The van der Waals surface area contributed by atoms with Crippen molar-refractivity contribution < 1.29 is 23.1 Å². The molecule has 0 radical (unpaired) electrons. The summed E-state index contributed by atoms with van der Waals surface area (Å²) in [6.45, 7) is 0. The Balaban J connectivity index is 2.33.